The summed E-state index contributed by atoms with van der Waals surface area (Å²) in [6, 6.07) is 6.17. The summed E-state index contributed by atoms with van der Waals surface area (Å²) in [6.45, 7) is 1.09. The average Bonchev–Trinajstić information content (AvgIpc) is 3.47. The summed E-state index contributed by atoms with van der Waals surface area (Å²) in [5, 5.41) is 16.4. The molecule has 8 nitrogen and oxygen atoms in total. The van der Waals surface area contributed by atoms with Crippen LogP contribution in [0.5, 0.6) is 5.75 Å². The summed E-state index contributed by atoms with van der Waals surface area (Å²) < 4.78 is 5.82. The molecule has 1 atom stereocenters. The van der Waals surface area contributed by atoms with Gasteiger partial charge in [-0.1, -0.05) is 11.2 Å². The van der Waals surface area contributed by atoms with Gasteiger partial charge < -0.3 is 25.6 Å². The molecule has 2 fully saturated rings. The van der Waals surface area contributed by atoms with Crippen LogP contribution in [0.15, 0.2) is 33.3 Å². The Morgan fingerprint density at radius 1 is 1.27 bits per heavy atom. The first-order chi connectivity index (χ1) is 14.4. The Kier molecular flexibility index (Phi) is 6.10. The molecule has 4 rings (SSSR count). The first-order valence-corrected chi connectivity index (χ1v) is 11.0. The van der Waals surface area contributed by atoms with Crippen molar-refractivity contribution >= 4 is 27.7 Å². The Labute approximate surface area is 182 Å². The third kappa shape index (κ3) is 4.84. The third-order valence-electron chi connectivity index (χ3n) is 5.67. The van der Waals surface area contributed by atoms with Crippen LogP contribution in [0.25, 0.3) is 0 Å². The predicted octanol–water partition coefficient (Wildman–Crippen LogP) is 2.31. The van der Waals surface area contributed by atoms with Gasteiger partial charge in [-0.2, -0.15) is 0 Å². The number of aromatic nitrogens is 1. The number of carbonyl (C=O) groups is 2. The van der Waals surface area contributed by atoms with E-state index in [0.29, 0.717) is 48.4 Å². The van der Waals surface area contributed by atoms with Crippen LogP contribution in [0.1, 0.15) is 53.4 Å². The van der Waals surface area contributed by atoms with E-state index in [0.717, 1.165) is 24.2 Å². The van der Waals surface area contributed by atoms with Crippen molar-refractivity contribution < 1.29 is 19.2 Å². The summed E-state index contributed by atoms with van der Waals surface area (Å²) in [4.78, 5) is 26.9. The Balaban J connectivity index is 1.25. The Hall–Kier alpha value is -2.39. The van der Waals surface area contributed by atoms with Crippen LogP contribution in [-0.4, -0.2) is 52.2 Å². The van der Waals surface area contributed by atoms with E-state index in [1.165, 1.54) is 0 Å². The largest absolute Gasteiger partial charge is 0.507 e. The van der Waals surface area contributed by atoms with Gasteiger partial charge in [0, 0.05) is 31.1 Å². The zero-order chi connectivity index (χ0) is 21.3. The SMILES string of the molecule is N[C@@H](Cc1ccc(O)c(Br)c1)C(=O)N1CCC(NC(=O)c2cc(C3CC3)on2)CC1. The van der Waals surface area contributed by atoms with Crippen LogP contribution < -0.4 is 11.1 Å². The van der Waals surface area contributed by atoms with Gasteiger partial charge in [0.05, 0.1) is 10.5 Å². The second-order valence-corrected chi connectivity index (χ2v) is 8.91. The number of piperidine rings is 1. The molecule has 1 aromatic carbocycles. The van der Waals surface area contributed by atoms with Gasteiger partial charge >= 0.3 is 0 Å². The number of hydrogen-bond donors (Lipinski definition) is 3. The zero-order valence-corrected chi connectivity index (χ0v) is 18.1. The first kappa shape index (κ1) is 20.9. The van der Waals surface area contributed by atoms with Crippen LogP contribution in [0.4, 0.5) is 0 Å². The third-order valence-corrected chi connectivity index (χ3v) is 6.30. The number of likely N-dealkylation sites (tertiary alicyclic amines) is 1. The lowest BCUT2D eigenvalue weighted by Gasteiger charge is -2.33. The Bertz CT molecular complexity index is 935. The first-order valence-electron chi connectivity index (χ1n) is 10.2. The van der Waals surface area contributed by atoms with Crippen molar-refractivity contribution in [3.63, 3.8) is 0 Å². The number of amides is 2. The fourth-order valence-corrected chi connectivity index (χ4v) is 4.14. The monoisotopic (exact) mass is 476 g/mol. The van der Waals surface area contributed by atoms with Gasteiger partial charge in [-0.25, -0.2) is 0 Å². The van der Waals surface area contributed by atoms with Crippen molar-refractivity contribution in [1.29, 1.82) is 0 Å². The van der Waals surface area contributed by atoms with Gasteiger partial charge in [0.15, 0.2) is 5.69 Å². The minimum Gasteiger partial charge on any atom is -0.507 e. The predicted molar refractivity (Wildman–Crippen MR) is 113 cm³/mol. The molecule has 1 aliphatic carbocycles. The molecule has 2 aromatic rings. The maximum Gasteiger partial charge on any atom is 0.273 e. The van der Waals surface area contributed by atoms with Crippen molar-refractivity contribution in [1.82, 2.24) is 15.4 Å². The Morgan fingerprint density at radius 2 is 2.00 bits per heavy atom. The molecule has 1 aromatic heterocycles. The number of benzene rings is 1. The fourth-order valence-electron chi connectivity index (χ4n) is 3.71. The number of carbonyl (C=O) groups excluding carboxylic acids is 2. The van der Waals surface area contributed by atoms with Crippen molar-refractivity contribution in [2.45, 2.75) is 50.1 Å². The second kappa shape index (κ2) is 8.77. The van der Waals surface area contributed by atoms with Crippen molar-refractivity contribution in [3.05, 3.63) is 45.8 Å². The molecule has 1 saturated carbocycles. The topological polar surface area (TPSA) is 122 Å². The molecule has 2 aliphatic rings. The quantitative estimate of drug-likeness (QED) is 0.587. The van der Waals surface area contributed by atoms with Gasteiger partial charge in [0.2, 0.25) is 5.91 Å². The van der Waals surface area contributed by atoms with Crippen molar-refractivity contribution in [3.8, 4) is 5.75 Å². The van der Waals surface area contributed by atoms with E-state index in [2.05, 4.69) is 26.4 Å². The molecule has 0 bridgehead atoms. The van der Waals surface area contributed by atoms with Crippen LogP contribution in [0.3, 0.4) is 0 Å². The van der Waals surface area contributed by atoms with Gasteiger partial charge in [-0.15, -0.1) is 0 Å². The molecule has 2 heterocycles. The van der Waals surface area contributed by atoms with Gasteiger partial charge in [0.25, 0.3) is 5.91 Å². The van der Waals surface area contributed by atoms with Crippen LogP contribution in [-0.2, 0) is 11.2 Å². The normalized spacial score (nSPS) is 18.3. The lowest BCUT2D eigenvalue weighted by atomic mass is 10.0. The highest BCUT2D eigenvalue weighted by Gasteiger charge is 2.30. The summed E-state index contributed by atoms with van der Waals surface area (Å²) in [5.74, 6) is 1.02. The average molecular weight is 477 g/mol. The molecule has 1 aliphatic heterocycles. The zero-order valence-electron chi connectivity index (χ0n) is 16.5. The second-order valence-electron chi connectivity index (χ2n) is 8.06. The molecular weight excluding hydrogens is 452 g/mol. The Morgan fingerprint density at radius 3 is 2.67 bits per heavy atom. The number of phenols is 1. The lowest BCUT2D eigenvalue weighted by Crippen LogP contribution is -2.51. The maximum absolute atomic E-state index is 12.7. The molecule has 2 amide bonds. The number of nitrogens with one attached hydrogen (secondary N) is 1. The van der Waals surface area contributed by atoms with Crippen molar-refractivity contribution in [2.75, 3.05) is 13.1 Å². The van der Waals surface area contributed by atoms with E-state index >= 15 is 0 Å². The number of phenolic OH excluding ortho intramolecular Hbond substituents is 1. The smallest absolute Gasteiger partial charge is 0.273 e. The molecule has 0 unspecified atom stereocenters. The van der Waals surface area contributed by atoms with E-state index in [9.17, 15) is 14.7 Å². The van der Waals surface area contributed by atoms with Gasteiger partial charge in [-0.3, -0.25) is 9.59 Å². The number of aromatic hydroxyl groups is 1. The molecule has 30 heavy (non-hydrogen) atoms. The number of nitrogens with zero attached hydrogens (tertiary/aromatic N) is 2. The number of nitrogens with two attached hydrogens (primary N) is 1. The number of halogens is 1. The van der Waals surface area contributed by atoms with Gasteiger partial charge in [-0.05, 0) is 65.7 Å². The van der Waals surface area contributed by atoms with E-state index in [1.807, 2.05) is 0 Å². The van der Waals surface area contributed by atoms with E-state index in [-0.39, 0.29) is 23.6 Å². The maximum atomic E-state index is 12.7. The number of hydrogen-bond acceptors (Lipinski definition) is 6. The molecule has 160 valence electrons. The van der Waals surface area contributed by atoms with E-state index in [1.54, 1.807) is 29.2 Å². The molecular formula is C21H25BrN4O4. The molecule has 0 radical (unpaired) electrons. The standard InChI is InChI=1S/C21H25BrN4O4/c22-15-9-12(1-4-18(15)27)10-16(23)21(29)26-7-5-14(6-8-26)24-20(28)17-11-19(30-25-17)13-2-3-13/h1,4,9,11,13-14,16,27H,2-3,5-8,10,23H2,(H,24,28)/t16-/m0/s1. The van der Waals surface area contributed by atoms with Crippen LogP contribution in [0, 0.1) is 0 Å². The van der Waals surface area contributed by atoms with Crippen molar-refractivity contribution in [2.24, 2.45) is 5.73 Å². The van der Waals surface area contributed by atoms with E-state index in [4.69, 9.17) is 10.3 Å². The van der Waals surface area contributed by atoms with Crippen LogP contribution >= 0.6 is 15.9 Å². The summed E-state index contributed by atoms with van der Waals surface area (Å²) in [6.07, 6.45) is 3.91. The highest BCUT2D eigenvalue weighted by Crippen LogP contribution is 2.40. The summed E-state index contributed by atoms with van der Waals surface area (Å²) >= 11 is 3.27. The lowest BCUT2D eigenvalue weighted by molar-refractivity contribution is -0.133. The fraction of sp³-hybridized carbons (Fsp3) is 0.476. The summed E-state index contributed by atoms with van der Waals surface area (Å²) in [7, 11) is 0. The molecule has 4 N–H and O–H groups in total. The molecule has 9 heteroatoms. The highest BCUT2D eigenvalue weighted by atomic mass is 79.9. The van der Waals surface area contributed by atoms with Crippen LogP contribution in [0.2, 0.25) is 0 Å². The summed E-state index contributed by atoms with van der Waals surface area (Å²) in [5.41, 5.74) is 7.33. The molecule has 1 saturated heterocycles. The van der Waals surface area contributed by atoms with E-state index < -0.39 is 6.04 Å². The minimum absolute atomic E-state index is 0.00750. The highest BCUT2D eigenvalue weighted by molar-refractivity contribution is 9.10. The molecule has 0 spiro atoms. The number of rotatable bonds is 6. The minimum atomic E-state index is -0.649. The van der Waals surface area contributed by atoms with Gasteiger partial charge in [0.1, 0.15) is 11.5 Å².